The van der Waals surface area contributed by atoms with Gasteiger partial charge in [-0.15, -0.1) is 10.2 Å². The molecular formula is C25H29ClN4O2. The maximum Gasteiger partial charge on any atom is 0.308 e. The summed E-state index contributed by atoms with van der Waals surface area (Å²) in [6, 6.07) is 18.2. The smallest absolute Gasteiger partial charge is 0.308 e. The normalized spacial score (nSPS) is 15.0. The maximum absolute atomic E-state index is 12.3. The summed E-state index contributed by atoms with van der Waals surface area (Å²) in [7, 11) is 0. The van der Waals surface area contributed by atoms with Gasteiger partial charge >= 0.3 is 11.8 Å². The van der Waals surface area contributed by atoms with Crippen molar-refractivity contribution < 1.29 is 9.21 Å². The number of halogens is 1. The number of hydrogen-bond donors (Lipinski definition) is 1. The summed E-state index contributed by atoms with van der Waals surface area (Å²) in [4.78, 5) is 14.8. The number of carbonyl (C=O) groups is 1. The number of benzene rings is 2. The molecule has 0 atom stereocenters. The van der Waals surface area contributed by atoms with Crippen molar-refractivity contribution in [2.24, 2.45) is 5.92 Å². The Morgan fingerprint density at radius 1 is 1.06 bits per heavy atom. The van der Waals surface area contributed by atoms with Gasteiger partial charge in [0.2, 0.25) is 5.89 Å². The number of nitrogens with one attached hydrogen (secondary N) is 1. The van der Waals surface area contributed by atoms with Crippen LogP contribution in [0.25, 0.3) is 0 Å². The second-order valence-corrected chi connectivity index (χ2v) is 8.76. The summed E-state index contributed by atoms with van der Waals surface area (Å²) < 4.78 is 5.51. The molecule has 6 nitrogen and oxygen atoms in total. The largest absolute Gasteiger partial charge is 0.417 e. The molecule has 7 heteroatoms. The molecule has 0 spiro atoms. The van der Waals surface area contributed by atoms with Crippen LogP contribution in [0.2, 0.25) is 5.02 Å². The SMILES string of the molecule is O=C(NCCCN1CCC(Cc2ccccc2)CC1)c1nnc(Cc2ccccc2Cl)o1. The number of piperidine rings is 1. The van der Waals surface area contributed by atoms with Crippen LogP contribution in [0.3, 0.4) is 0 Å². The average Bonchev–Trinajstić information content (AvgIpc) is 3.29. The lowest BCUT2D eigenvalue weighted by atomic mass is 9.90. The van der Waals surface area contributed by atoms with Gasteiger partial charge in [0.05, 0.1) is 6.42 Å². The molecule has 0 saturated carbocycles. The summed E-state index contributed by atoms with van der Waals surface area (Å²) in [5, 5.41) is 11.4. The summed E-state index contributed by atoms with van der Waals surface area (Å²) in [6.45, 7) is 3.83. The van der Waals surface area contributed by atoms with E-state index in [-0.39, 0.29) is 11.8 Å². The zero-order chi connectivity index (χ0) is 22.2. The zero-order valence-corrected chi connectivity index (χ0v) is 18.9. The van der Waals surface area contributed by atoms with Crippen LogP contribution in [0.5, 0.6) is 0 Å². The molecule has 1 saturated heterocycles. The number of rotatable bonds is 9. The van der Waals surface area contributed by atoms with E-state index in [0.717, 1.165) is 37.5 Å². The van der Waals surface area contributed by atoms with E-state index in [1.165, 1.54) is 24.8 Å². The van der Waals surface area contributed by atoms with Gasteiger partial charge in [0.1, 0.15) is 0 Å². The number of aromatic nitrogens is 2. The molecule has 1 aromatic heterocycles. The highest BCUT2D eigenvalue weighted by molar-refractivity contribution is 6.31. The van der Waals surface area contributed by atoms with Crippen LogP contribution < -0.4 is 5.32 Å². The molecule has 0 aliphatic carbocycles. The predicted molar refractivity (Wildman–Crippen MR) is 125 cm³/mol. The van der Waals surface area contributed by atoms with Crippen LogP contribution in [0.15, 0.2) is 59.0 Å². The van der Waals surface area contributed by atoms with E-state index in [9.17, 15) is 4.79 Å². The number of amides is 1. The minimum absolute atomic E-state index is 0.00576. The highest BCUT2D eigenvalue weighted by Crippen LogP contribution is 2.22. The molecule has 0 radical (unpaired) electrons. The molecule has 4 rings (SSSR count). The lowest BCUT2D eigenvalue weighted by Gasteiger charge is -2.32. The van der Waals surface area contributed by atoms with E-state index >= 15 is 0 Å². The van der Waals surface area contributed by atoms with Gasteiger partial charge in [0.25, 0.3) is 0 Å². The molecule has 2 heterocycles. The molecule has 2 aromatic carbocycles. The van der Waals surface area contributed by atoms with Crippen molar-refractivity contribution in [2.75, 3.05) is 26.2 Å². The Morgan fingerprint density at radius 3 is 2.59 bits per heavy atom. The van der Waals surface area contributed by atoms with Crippen molar-refractivity contribution in [1.82, 2.24) is 20.4 Å². The van der Waals surface area contributed by atoms with Crippen LogP contribution in [0, 0.1) is 5.92 Å². The van der Waals surface area contributed by atoms with Crippen LogP contribution in [-0.4, -0.2) is 47.2 Å². The standard InChI is InChI=1S/C25H29ClN4O2/c26-22-10-5-4-9-21(22)18-23-28-29-25(32-23)24(31)27-13-6-14-30-15-11-20(12-16-30)17-19-7-2-1-3-8-19/h1-5,7-10,20H,6,11-18H2,(H,27,31). The van der Waals surface area contributed by atoms with Crippen LogP contribution >= 0.6 is 11.6 Å². The minimum Gasteiger partial charge on any atom is -0.417 e. The molecule has 1 amide bonds. The number of hydrogen-bond acceptors (Lipinski definition) is 5. The molecule has 0 bridgehead atoms. The molecule has 3 aromatic rings. The molecule has 32 heavy (non-hydrogen) atoms. The molecule has 1 N–H and O–H groups in total. The summed E-state index contributed by atoms with van der Waals surface area (Å²) >= 11 is 6.16. The van der Waals surface area contributed by atoms with Crippen molar-refractivity contribution in [2.45, 2.75) is 32.1 Å². The van der Waals surface area contributed by atoms with Crippen molar-refractivity contribution in [1.29, 1.82) is 0 Å². The molecule has 1 aliphatic rings. The third-order valence-corrected chi connectivity index (χ3v) is 6.34. The van der Waals surface area contributed by atoms with Gasteiger partial charge in [-0.25, -0.2) is 0 Å². The Labute approximate surface area is 194 Å². The first-order valence-corrected chi connectivity index (χ1v) is 11.7. The van der Waals surface area contributed by atoms with Crippen LogP contribution in [0.4, 0.5) is 0 Å². The first kappa shape index (κ1) is 22.5. The first-order valence-electron chi connectivity index (χ1n) is 11.3. The minimum atomic E-state index is -0.329. The molecule has 168 valence electrons. The van der Waals surface area contributed by atoms with Gasteiger partial charge in [0.15, 0.2) is 0 Å². The lowest BCUT2D eigenvalue weighted by Crippen LogP contribution is -2.36. The van der Waals surface area contributed by atoms with E-state index in [4.69, 9.17) is 16.0 Å². The Morgan fingerprint density at radius 2 is 1.81 bits per heavy atom. The van der Waals surface area contributed by atoms with Gasteiger partial charge in [-0.2, -0.15) is 0 Å². The van der Waals surface area contributed by atoms with Crippen molar-refractivity contribution in [3.05, 3.63) is 82.5 Å². The summed E-state index contributed by atoms with van der Waals surface area (Å²) in [5.41, 5.74) is 2.32. The Hall–Kier alpha value is -2.70. The second-order valence-electron chi connectivity index (χ2n) is 8.35. The van der Waals surface area contributed by atoms with E-state index < -0.39 is 0 Å². The predicted octanol–water partition coefficient (Wildman–Crippen LogP) is 4.39. The highest BCUT2D eigenvalue weighted by Gasteiger charge is 2.19. The highest BCUT2D eigenvalue weighted by atomic mass is 35.5. The quantitative estimate of drug-likeness (QED) is 0.487. The van der Waals surface area contributed by atoms with Gasteiger partial charge < -0.3 is 14.6 Å². The lowest BCUT2D eigenvalue weighted by molar-refractivity contribution is 0.0914. The molecule has 1 fully saturated rings. The number of likely N-dealkylation sites (tertiary alicyclic amines) is 1. The third kappa shape index (κ3) is 6.40. The Kier molecular flexibility index (Phi) is 7.91. The van der Waals surface area contributed by atoms with Crippen LogP contribution in [-0.2, 0) is 12.8 Å². The number of nitrogens with zero attached hydrogens (tertiary/aromatic N) is 3. The zero-order valence-electron chi connectivity index (χ0n) is 18.2. The molecule has 1 aliphatic heterocycles. The Balaban J connectivity index is 1.13. The summed E-state index contributed by atoms with van der Waals surface area (Å²) in [5.74, 6) is 0.811. The fourth-order valence-electron chi connectivity index (χ4n) is 4.16. The third-order valence-electron chi connectivity index (χ3n) is 5.97. The molecule has 0 unspecified atom stereocenters. The van der Waals surface area contributed by atoms with Crippen molar-refractivity contribution in [3.63, 3.8) is 0 Å². The van der Waals surface area contributed by atoms with E-state index in [2.05, 4.69) is 50.7 Å². The fourth-order valence-corrected chi connectivity index (χ4v) is 4.37. The van der Waals surface area contributed by atoms with E-state index in [1.54, 1.807) is 0 Å². The maximum atomic E-state index is 12.3. The fraction of sp³-hybridized carbons (Fsp3) is 0.400. The van der Waals surface area contributed by atoms with Gasteiger partial charge in [-0.05, 0) is 68.4 Å². The van der Waals surface area contributed by atoms with E-state index in [0.29, 0.717) is 23.9 Å². The topological polar surface area (TPSA) is 71.3 Å². The summed E-state index contributed by atoms with van der Waals surface area (Å²) in [6.07, 6.45) is 4.94. The van der Waals surface area contributed by atoms with Crippen molar-refractivity contribution in [3.8, 4) is 0 Å². The molecular weight excluding hydrogens is 424 g/mol. The van der Waals surface area contributed by atoms with Gasteiger partial charge in [-0.1, -0.05) is 60.1 Å². The second kappa shape index (κ2) is 11.2. The van der Waals surface area contributed by atoms with Crippen LogP contribution in [0.1, 0.15) is 47.0 Å². The number of carbonyl (C=O) groups excluding carboxylic acids is 1. The monoisotopic (exact) mass is 452 g/mol. The average molecular weight is 453 g/mol. The van der Waals surface area contributed by atoms with Gasteiger partial charge in [0, 0.05) is 11.6 Å². The van der Waals surface area contributed by atoms with Crippen molar-refractivity contribution >= 4 is 17.5 Å². The Bertz CT molecular complexity index is 1000. The van der Waals surface area contributed by atoms with E-state index in [1.807, 2.05) is 24.3 Å². The first-order chi connectivity index (χ1) is 15.7. The van der Waals surface area contributed by atoms with Gasteiger partial charge in [-0.3, -0.25) is 4.79 Å².